The van der Waals surface area contributed by atoms with Gasteiger partial charge in [-0.15, -0.1) is 0 Å². The van der Waals surface area contributed by atoms with Crippen LogP contribution in [0.3, 0.4) is 0 Å². The Hall–Kier alpha value is -0.880. The number of nitrogens with zero attached hydrogens (tertiary/aromatic N) is 1. The third kappa shape index (κ3) is 3.02. The van der Waals surface area contributed by atoms with Crippen LogP contribution >= 0.6 is 0 Å². The number of rotatable bonds is 3. The number of hydrogen-bond acceptors (Lipinski definition) is 3. The van der Waals surface area contributed by atoms with E-state index in [4.69, 9.17) is 10.00 Å². The van der Waals surface area contributed by atoms with E-state index in [1.165, 1.54) is 0 Å². The van der Waals surface area contributed by atoms with Crippen molar-refractivity contribution in [1.29, 1.82) is 5.26 Å². The quantitative estimate of drug-likeness (QED) is 0.636. The van der Waals surface area contributed by atoms with E-state index in [0.29, 0.717) is 12.3 Å². The van der Waals surface area contributed by atoms with Crippen molar-refractivity contribution in [3.05, 3.63) is 0 Å². The van der Waals surface area contributed by atoms with Gasteiger partial charge in [-0.25, -0.2) is 0 Å². The lowest BCUT2D eigenvalue weighted by atomic mass is 9.94. The first-order chi connectivity index (χ1) is 5.83. The smallest absolute Gasteiger partial charge is 0.147 e. The van der Waals surface area contributed by atoms with Crippen LogP contribution in [0.2, 0.25) is 0 Å². The zero-order valence-corrected chi connectivity index (χ0v) is 7.08. The summed E-state index contributed by atoms with van der Waals surface area (Å²) in [6, 6.07) is 1.88. The van der Waals surface area contributed by atoms with Gasteiger partial charge in [0.05, 0.1) is 12.5 Å². The number of Topliss-reactive ketones (excluding diaryl/α,β-unsaturated/α-hetero) is 1. The van der Waals surface area contributed by atoms with E-state index in [0.717, 1.165) is 26.1 Å². The SMILES string of the molecule is N#CCC(=O)CC1CCOCC1. The highest BCUT2D eigenvalue weighted by molar-refractivity contribution is 5.80. The van der Waals surface area contributed by atoms with Crippen molar-refractivity contribution in [3.63, 3.8) is 0 Å². The molecule has 0 aromatic rings. The summed E-state index contributed by atoms with van der Waals surface area (Å²) in [5, 5.41) is 8.27. The van der Waals surface area contributed by atoms with E-state index in [1.807, 2.05) is 6.07 Å². The summed E-state index contributed by atoms with van der Waals surface area (Å²) in [6.07, 6.45) is 2.57. The lowest BCUT2D eigenvalue weighted by molar-refractivity contribution is -0.119. The number of ether oxygens (including phenoxy) is 1. The molecule has 0 spiro atoms. The Bertz CT molecular complexity index is 189. The van der Waals surface area contributed by atoms with Crippen molar-refractivity contribution in [2.45, 2.75) is 25.7 Å². The first kappa shape index (κ1) is 9.21. The van der Waals surface area contributed by atoms with Crippen molar-refractivity contribution in [2.75, 3.05) is 13.2 Å². The van der Waals surface area contributed by atoms with E-state index < -0.39 is 0 Å². The molecule has 3 nitrogen and oxygen atoms in total. The summed E-state index contributed by atoms with van der Waals surface area (Å²) in [5.41, 5.74) is 0. The van der Waals surface area contributed by atoms with Gasteiger partial charge in [-0.05, 0) is 18.8 Å². The number of nitriles is 1. The molecule has 1 saturated heterocycles. The molecular weight excluding hydrogens is 154 g/mol. The summed E-state index contributed by atoms with van der Waals surface area (Å²) in [5.74, 6) is 0.531. The second-order valence-corrected chi connectivity index (χ2v) is 3.13. The molecule has 0 radical (unpaired) electrons. The van der Waals surface area contributed by atoms with Gasteiger partial charge in [0.15, 0.2) is 0 Å². The van der Waals surface area contributed by atoms with Gasteiger partial charge in [0.25, 0.3) is 0 Å². The van der Waals surface area contributed by atoms with E-state index in [1.54, 1.807) is 0 Å². The molecule has 0 unspecified atom stereocenters. The molecule has 1 fully saturated rings. The normalized spacial score (nSPS) is 18.6. The summed E-state index contributed by atoms with van der Waals surface area (Å²) in [6.45, 7) is 1.54. The van der Waals surface area contributed by atoms with Crippen LogP contribution in [0.1, 0.15) is 25.7 Å². The third-order valence-electron chi connectivity index (χ3n) is 2.13. The number of ketones is 1. The summed E-state index contributed by atoms with van der Waals surface area (Å²) in [7, 11) is 0. The standard InChI is InChI=1S/C9H13NO2/c10-4-1-9(11)7-8-2-5-12-6-3-8/h8H,1-3,5-7H2. The number of hydrogen-bond donors (Lipinski definition) is 0. The first-order valence-electron chi connectivity index (χ1n) is 4.29. The molecule has 0 N–H and O–H groups in total. The molecule has 66 valence electrons. The van der Waals surface area contributed by atoms with Crippen molar-refractivity contribution >= 4 is 5.78 Å². The highest BCUT2D eigenvalue weighted by Gasteiger charge is 2.16. The molecule has 3 heteroatoms. The van der Waals surface area contributed by atoms with Crippen molar-refractivity contribution in [3.8, 4) is 6.07 Å². The summed E-state index contributed by atoms with van der Waals surface area (Å²) >= 11 is 0. The van der Waals surface area contributed by atoms with Gasteiger partial charge in [-0.3, -0.25) is 4.79 Å². The molecule has 1 heterocycles. The van der Waals surface area contributed by atoms with Crippen LogP contribution < -0.4 is 0 Å². The van der Waals surface area contributed by atoms with E-state index >= 15 is 0 Å². The molecule has 0 bridgehead atoms. The minimum atomic E-state index is 0.0668. The van der Waals surface area contributed by atoms with Crippen LogP contribution in [0.5, 0.6) is 0 Å². The van der Waals surface area contributed by atoms with Crippen LogP contribution in [0.25, 0.3) is 0 Å². The largest absolute Gasteiger partial charge is 0.381 e. The minimum absolute atomic E-state index is 0.0668. The van der Waals surface area contributed by atoms with Crippen LogP contribution in [-0.4, -0.2) is 19.0 Å². The Balaban J connectivity index is 2.21. The fraction of sp³-hybridized carbons (Fsp3) is 0.778. The third-order valence-corrected chi connectivity index (χ3v) is 2.13. The minimum Gasteiger partial charge on any atom is -0.381 e. The van der Waals surface area contributed by atoms with Crippen LogP contribution in [-0.2, 0) is 9.53 Å². The predicted octanol–water partition coefficient (Wildman–Crippen LogP) is 1.29. The highest BCUT2D eigenvalue weighted by atomic mass is 16.5. The Morgan fingerprint density at radius 3 is 2.75 bits per heavy atom. The molecule has 0 aromatic heterocycles. The molecule has 1 aliphatic rings. The average Bonchev–Trinajstić information content (AvgIpc) is 2.06. The lowest BCUT2D eigenvalue weighted by Gasteiger charge is -2.20. The van der Waals surface area contributed by atoms with Gasteiger partial charge >= 0.3 is 0 Å². The van der Waals surface area contributed by atoms with Crippen LogP contribution in [0.4, 0.5) is 0 Å². The topological polar surface area (TPSA) is 50.1 Å². The van der Waals surface area contributed by atoms with Gasteiger partial charge in [0, 0.05) is 19.6 Å². The fourth-order valence-corrected chi connectivity index (χ4v) is 1.43. The average molecular weight is 167 g/mol. The predicted molar refractivity (Wildman–Crippen MR) is 43.4 cm³/mol. The Kier molecular flexibility index (Phi) is 3.75. The van der Waals surface area contributed by atoms with E-state index in [-0.39, 0.29) is 12.2 Å². The Labute approximate surface area is 72.3 Å². The monoisotopic (exact) mass is 167 g/mol. The van der Waals surface area contributed by atoms with Gasteiger partial charge < -0.3 is 4.74 Å². The molecule has 1 rings (SSSR count). The maximum atomic E-state index is 11.0. The second-order valence-electron chi connectivity index (χ2n) is 3.13. The van der Waals surface area contributed by atoms with Gasteiger partial charge in [-0.1, -0.05) is 0 Å². The molecule has 0 aromatic carbocycles. The molecule has 0 atom stereocenters. The second kappa shape index (κ2) is 4.89. The number of carbonyl (C=O) groups is 1. The van der Waals surface area contributed by atoms with Crippen molar-refractivity contribution < 1.29 is 9.53 Å². The fourth-order valence-electron chi connectivity index (χ4n) is 1.43. The van der Waals surface area contributed by atoms with Crippen molar-refractivity contribution in [1.82, 2.24) is 0 Å². The van der Waals surface area contributed by atoms with E-state index in [9.17, 15) is 4.79 Å². The van der Waals surface area contributed by atoms with Crippen LogP contribution in [0, 0.1) is 17.2 Å². The lowest BCUT2D eigenvalue weighted by Crippen LogP contribution is -2.18. The maximum absolute atomic E-state index is 11.0. The zero-order chi connectivity index (χ0) is 8.81. The molecule has 0 aliphatic carbocycles. The first-order valence-corrected chi connectivity index (χ1v) is 4.29. The molecule has 0 saturated carbocycles. The molecule has 12 heavy (non-hydrogen) atoms. The summed E-state index contributed by atoms with van der Waals surface area (Å²) in [4.78, 5) is 11.0. The van der Waals surface area contributed by atoms with Crippen LogP contribution in [0.15, 0.2) is 0 Å². The van der Waals surface area contributed by atoms with Gasteiger partial charge in [0.1, 0.15) is 5.78 Å². The van der Waals surface area contributed by atoms with Gasteiger partial charge in [0.2, 0.25) is 0 Å². The Morgan fingerprint density at radius 2 is 2.17 bits per heavy atom. The molecule has 0 amide bonds. The van der Waals surface area contributed by atoms with Crippen molar-refractivity contribution in [2.24, 2.45) is 5.92 Å². The van der Waals surface area contributed by atoms with E-state index in [2.05, 4.69) is 0 Å². The number of carbonyl (C=O) groups excluding carboxylic acids is 1. The van der Waals surface area contributed by atoms with Gasteiger partial charge in [-0.2, -0.15) is 5.26 Å². The zero-order valence-electron chi connectivity index (χ0n) is 7.08. The molecular formula is C9H13NO2. The Morgan fingerprint density at radius 1 is 1.50 bits per heavy atom. The summed E-state index contributed by atoms with van der Waals surface area (Å²) < 4.78 is 5.16. The molecule has 1 aliphatic heterocycles. The highest BCUT2D eigenvalue weighted by Crippen LogP contribution is 2.18. The maximum Gasteiger partial charge on any atom is 0.147 e.